The molecule has 1 aromatic rings. The Labute approximate surface area is 87.7 Å². The Bertz CT molecular complexity index is 326. The van der Waals surface area contributed by atoms with Crippen LogP contribution in [0.5, 0.6) is 0 Å². The van der Waals surface area contributed by atoms with E-state index in [-0.39, 0.29) is 5.41 Å². The average molecular weight is 188 g/mol. The van der Waals surface area contributed by atoms with Gasteiger partial charge in [-0.3, -0.25) is 0 Å². The zero-order valence-corrected chi connectivity index (χ0v) is 9.72. The van der Waals surface area contributed by atoms with Crippen LogP contribution >= 0.6 is 0 Å². The zero-order chi connectivity index (χ0) is 10.8. The molecule has 0 heteroatoms. The maximum absolute atomic E-state index is 3.86. The summed E-state index contributed by atoms with van der Waals surface area (Å²) in [6, 6.07) is 6.70. The first-order valence-corrected chi connectivity index (χ1v) is 5.25. The molecule has 0 aromatic heterocycles. The summed E-state index contributed by atoms with van der Waals surface area (Å²) in [4.78, 5) is 0. The van der Waals surface area contributed by atoms with E-state index < -0.39 is 0 Å². The Hall–Kier alpha value is -1.04. The second-order valence-electron chi connectivity index (χ2n) is 4.72. The average Bonchev–Trinajstić information content (AvgIpc) is 2.15. The number of rotatable bonds is 2. The van der Waals surface area contributed by atoms with Gasteiger partial charge in [-0.1, -0.05) is 58.5 Å². The summed E-state index contributed by atoms with van der Waals surface area (Å²) in [6.07, 6.45) is 3.03. The van der Waals surface area contributed by atoms with Crippen molar-refractivity contribution in [1.82, 2.24) is 0 Å². The molecular weight excluding hydrogens is 168 g/mol. The first-order valence-electron chi connectivity index (χ1n) is 5.25. The minimum Gasteiger partial charge on any atom is -0.0985 e. The van der Waals surface area contributed by atoms with E-state index in [2.05, 4.69) is 52.5 Å². The normalized spacial score (nSPS) is 11.4. The van der Waals surface area contributed by atoms with Crippen molar-refractivity contribution in [1.29, 1.82) is 0 Å². The Balaban J connectivity index is 3.21. The molecule has 0 heterocycles. The molecule has 0 unspecified atom stereocenters. The molecule has 0 atom stereocenters. The summed E-state index contributed by atoms with van der Waals surface area (Å²) in [6.45, 7) is 12.8. The summed E-state index contributed by atoms with van der Waals surface area (Å²) in [5.74, 6) is 0. The summed E-state index contributed by atoms with van der Waals surface area (Å²) < 4.78 is 0. The van der Waals surface area contributed by atoms with Crippen LogP contribution in [0.15, 0.2) is 24.8 Å². The molecule has 0 fully saturated rings. The topological polar surface area (TPSA) is 0 Å². The van der Waals surface area contributed by atoms with E-state index in [1.807, 2.05) is 6.08 Å². The Morgan fingerprint density at radius 2 is 1.93 bits per heavy atom. The van der Waals surface area contributed by atoms with Gasteiger partial charge in [-0.25, -0.2) is 0 Å². The molecule has 0 nitrogen and oxygen atoms in total. The van der Waals surface area contributed by atoms with E-state index in [4.69, 9.17) is 0 Å². The molecule has 0 spiro atoms. The van der Waals surface area contributed by atoms with Crippen LogP contribution in [0.2, 0.25) is 0 Å². The Kier molecular flexibility index (Phi) is 3.15. The van der Waals surface area contributed by atoms with Gasteiger partial charge >= 0.3 is 0 Å². The van der Waals surface area contributed by atoms with E-state index in [1.165, 1.54) is 16.7 Å². The molecule has 0 aliphatic carbocycles. The van der Waals surface area contributed by atoms with Gasteiger partial charge in [0.2, 0.25) is 0 Å². The van der Waals surface area contributed by atoms with Gasteiger partial charge in [0, 0.05) is 0 Å². The highest BCUT2D eigenvalue weighted by Gasteiger charge is 2.14. The number of benzene rings is 1. The first-order chi connectivity index (χ1) is 6.49. The van der Waals surface area contributed by atoms with Crippen LogP contribution < -0.4 is 0 Å². The van der Waals surface area contributed by atoms with Crippen molar-refractivity contribution >= 4 is 6.08 Å². The van der Waals surface area contributed by atoms with Gasteiger partial charge in [-0.2, -0.15) is 0 Å². The van der Waals surface area contributed by atoms with E-state index in [0.29, 0.717) is 0 Å². The second kappa shape index (κ2) is 4.00. The number of aryl methyl sites for hydroxylation is 1. The molecule has 0 bridgehead atoms. The van der Waals surface area contributed by atoms with Crippen LogP contribution in [0, 0.1) is 0 Å². The Morgan fingerprint density at radius 1 is 1.29 bits per heavy atom. The minimum atomic E-state index is 0.226. The Morgan fingerprint density at radius 3 is 2.36 bits per heavy atom. The second-order valence-corrected chi connectivity index (χ2v) is 4.72. The fourth-order valence-corrected chi connectivity index (χ4v) is 1.57. The SMILES string of the molecule is C=Cc1cc(C(C)(C)C)ccc1CC. The zero-order valence-electron chi connectivity index (χ0n) is 9.72. The maximum atomic E-state index is 3.86. The third-order valence-corrected chi connectivity index (χ3v) is 2.61. The van der Waals surface area contributed by atoms with Crippen molar-refractivity contribution in [2.75, 3.05) is 0 Å². The van der Waals surface area contributed by atoms with Crippen LogP contribution in [-0.2, 0) is 11.8 Å². The third kappa shape index (κ3) is 2.25. The molecule has 1 rings (SSSR count). The highest BCUT2D eigenvalue weighted by atomic mass is 14.2. The fourth-order valence-electron chi connectivity index (χ4n) is 1.57. The van der Waals surface area contributed by atoms with Gasteiger partial charge < -0.3 is 0 Å². The lowest BCUT2D eigenvalue weighted by Gasteiger charge is -2.20. The number of hydrogen-bond acceptors (Lipinski definition) is 0. The van der Waals surface area contributed by atoms with E-state index >= 15 is 0 Å². The standard InChI is InChI=1S/C14H20/c1-6-11-8-9-13(14(3,4)5)10-12(11)7-2/h7-10H,2,6H2,1,3-5H3. The van der Waals surface area contributed by atoms with Crippen LogP contribution in [0.25, 0.3) is 6.08 Å². The molecule has 0 radical (unpaired) electrons. The van der Waals surface area contributed by atoms with Crippen LogP contribution in [-0.4, -0.2) is 0 Å². The van der Waals surface area contributed by atoms with Gasteiger partial charge in [0.25, 0.3) is 0 Å². The summed E-state index contributed by atoms with van der Waals surface area (Å²) >= 11 is 0. The molecule has 0 aliphatic rings. The van der Waals surface area contributed by atoms with Crippen molar-refractivity contribution in [2.24, 2.45) is 0 Å². The molecule has 0 saturated carbocycles. The van der Waals surface area contributed by atoms with E-state index in [1.54, 1.807) is 0 Å². The van der Waals surface area contributed by atoms with Crippen molar-refractivity contribution in [2.45, 2.75) is 39.5 Å². The fraction of sp³-hybridized carbons (Fsp3) is 0.429. The largest absolute Gasteiger partial charge is 0.0985 e. The van der Waals surface area contributed by atoms with Crippen molar-refractivity contribution in [3.8, 4) is 0 Å². The highest BCUT2D eigenvalue weighted by molar-refractivity contribution is 5.54. The molecule has 1 aromatic carbocycles. The summed E-state index contributed by atoms with van der Waals surface area (Å²) in [7, 11) is 0. The van der Waals surface area contributed by atoms with Gasteiger partial charge in [-0.05, 0) is 28.5 Å². The van der Waals surface area contributed by atoms with Gasteiger partial charge in [0.05, 0.1) is 0 Å². The molecule has 14 heavy (non-hydrogen) atoms. The molecule has 0 N–H and O–H groups in total. The maximum Gasteiger partial charge on any atom is -0.0132 e. The summed E-state index contributed by atoms with van der Waals surface area (Å²) in [5, 5.41) is 0. The van der Waals surface area contributed by atoms with Gasteiger partial charge in [-0.15, -0.1) is 0 Å². The lowest BCUT2D eigenvalue weighted by Crippen LogP contribution is -2.11. The van der Waals surface area contributed by atoms with Crippen LogP contribution in [0.1, 0.15) is 44.4 Å². The minimum absolute atomic E-state index is 0.226. The number of hydrogen-bond donors (Lipinski definition) is 0. The van der Waals surface area contributed by atoms with Crippen molar-refractivity contribution in [3.63, 3.8) is 0 Å². The quantitative estimate of drug-likeness (QED) is 0.653. The van der Waals surface area contributed by atoms with Gasteiger partial charge in [0.1, 0.15) is 0 Å². The first kappa shape index (κ1) is 11.0. The molecule has 0 amide bonds. The van der Waals surface area contributed by atoms with Crippen LogP contribution in [0.4, 0.5) is 0 Å². The van der Waals surface area contributed by atoms with E-state index in [9.17, 15) is 0 Å². The smallest absolute Gasteiger partial charge is 0.0132 e. The van der Waals surface area contributed by atoms with Crippen molar-refractivity contribution < 1.29 is 0 Å². The highest BCUT2D eigenvalue weighted by Crippen LogP contribution is 2.25. The molecule has 76 valence electrons. The monoisotopic (exact) mass is 188 g/mol. The third-order valence-electron chi connectivity index (χ3n) is 2.61. The molecule has 0 saturated heterocycles. The lowest BCUT2D eigenvalue weighted by molar-refractivity contribution is 0.590. The predicted molar refractivity (Wildman–Crippen MR) is 64.6 cm³/mol. The lowest BCUT2D eigenvalue weighted by atomic mass is 9.85. The molecule has 0 aliphatic heterocycles. The predicted octanol–water partition coefficient (Wildman–Crippen LogP) is 4.19. The van der Waals surface area contributed by atoms with Gasteiger partial charge in [0.15, 0.2) is 0 Å². The van der Waals surface area contributed by atoms with Crippen LogP contribution in [0.3, 0.4) is 0 Å². The summed E-state index contributed by atoms with van der Waals surface area (Å²) in [5.41, 5.74) is 4.27. The molecular formula is C14H20. The van der Waals surface area contributed by atoms with Crippen molar-refractivity contribution in [3.05, 3.63) is 41.5 Å². The van der Waals surface area contributed by atoms with E-state index in [0.717, 1.165) is 6.42 Å².